The molecule has 0 aromatic heterocycles. The minimum Gasteiger partial charge on any atom is -0.478 e. The molecule has 1 fully saturated rings. The van der Waals surface area contributed by atoms with Gasteiger partial charge < -0.3 is 10.0 Å². The highest BCUT2D eigenvalue weighted by Crippen LogP contribution is 2.25. The van der Waals surface area contributed by atoms with Crippen LogP contribution in [0, 0.1) is 5.82 Å². The van der Waals surface area contributed by atoms with E-state index in [1.165, 1.54) is 0 Å². The molecule has 8 heteroatoms. The van der Waals surface area contributed by atoms with Gasteiger partial charge in [-0.3, -0.25) is 0 Å². The molecule has 0 atom stereocenters. The minimum absolute atomic E-state index is 0.173. The quantitative estimate of drug-likeness (QED) is 0.891. The number of halogens is 2. The number of aromatic carboxylic acids is 1. The summed E-state index contributed by atoms with van der Waals surface area (Å²) in [5.74, 6) is -2.68. The number of hydrogen-bond acceptors (Lipinski definition) is 4. The lowest BCUT2D eigenvalue weighted by molar-refractivity contribution is 0.0696. The number of hydrogen-bond donors (Lipinski definition) is 1. The van der Waals surface area contributed by atoms with E-state index < -0.39 is 32.2 Å². The maximum atomic E-state index is 13.6. The third kappa shape index (κ3) is 3.72. The van der Waals surface area contributed by atoms with Crippen LogP contribution in [0.3, 0.4) is 0 Å². The standard InChI is InChI=1S/C13H15ClFNO4S/c14-12-10(13(17)18)7-9(8-11(12)15)21(19,20)6-5-16-3-1-2-4-16/h7-8H,1-6H2,(H,17,18). The molecule has 1 heterocycles. The molecule has 0 unspecified atom stereocenters. The van der Waals surface area contributed by atoms with Crippen molar-refractivity contribution in [3.8, 4) is 0 Å². The normalized spacial score (nSPS) is 16.3. The maximum Gasteiger partial charge on any atom is 0.337 e. The van der Waals surface area contributed by atoms with Gasteiger partial charge in [-0.1, -0.05) is 11.6 Å². The third-order valence-corrected chi connectivity index (χ3v) is 5.52. The lowest BCUT2D eigenvalue weighted by atomic mass is 10.2. The number of rotatable bonds is 5. The molecule has 0 spiro atoms. The highest BCUT2D eigenvalue weighted by Gasteiger charge is 2.23. The molecule has 0 saturated carbocycles. The first-order valence-corrected chi connectivity index (χ1v) is 8.52. The largest absolute Gasteiger partial charge is 0.478 e. The van der Waals surface area contributed by atoms with Gasteiger partial charge in [0.25, 0.3) is 0 Å². The number of nitrogens with zero attached hydrogens (tertiary/aromatic N) is 1. The number of likely N-dealkylation sites (tertiary alicyclic amines) is 1. The summed E-state index contributed by atoms with van der Waals surface area (Å²) >= 11 is 5.53. The van der Waals surface area contributed by atoms with Gasteiger partial charge in [-0.2, -0.15) is 0 Å². The summed E-state index contributed by atoms with van der Waals surface area (Å²) in [6.45, 7) is 2.06. The van der Waals surface area contributed by atoms with E-state index in [0.29, 0.717) is 6.54 Å². The van der Waals surface area contributed by atoms with Crippen molar-refractivity contribution >= 4 is 27.4 Å². The Bertz CT molecular complexity index is 656. The van der Waals surface area contributed by atoms with Crippen LogP contribution in [-0.2, 0) is 9.84 Å². The van der Waals surface area contributed by atoms with Gasteiger partial charge in [0, 0.05) is 6.54 Å². The van der Waals surface area contributed by atoms with Crippen molar-refractivity contribution in [2.24, 2.45) is 0 Å². The molecule has 1 aliphatic heterocycles. The first-order valence-electron chi connectivity index (χ1n) is 6.49. The second-order valence-corrected chi connectivity index (χ2v) is 7.43. The van der Waals surface area contributed by atoms with Gasteiger partial charge >= 0.3 is 5.97 Å². The molecule has 21 heavy (non-hydrogen) atoms. The lowest BCUT2D eigenvalue weighted by Gasteiger charge is -2.14. The number of benzene rings is 1. The average molecular weight is 336 g/mol. The minimum atomic E-state index is -3.75. The van der Waals surface area contributed by atoms with Crippen molar-refractivity contribution in [2.75, 3.05) is 25.4 Å². The fraction of sp³-hybridized carbons (Fsp3) is 0.462. The van der Waals surface area contributed by atoms with Gasteiger partial charge in [-0.15, -0.1) is 0 Å². The summed E-state index contributed by atoms with van der Waals surface area (Å²) in [5.41, 5.74) is -0.545. The van der Waals surface area contributed by atoms with Crippen molar-refractivity contribution in [1.82, 2.24) is 4.90 Å². The molecular weight excluding hydrogens is 321 g/mol. The van der Waals surface area contributed by atoms with Crippen LogP contribution in [0.4, 0.5) is 4.39 Å². The Morgan fingerprint density at radius 3 is 2.52 bits per heavy atom. The summed E-state index contributed by atoms with van der Waals surface area (Å²) in [7, 11) is -3.75. The first kappa shape index (κ1) is 16.2. The molecule has 1 aliphatic rings. The highest BCUT2D eigenvalue weighted by atomic mass is 35.5. The second-order valence-electron chi connectivity index (χ2n) is 4.94. The lowest BCUT2D eigenvalue weighted by Crippen LogP contribution is -2.26. The molecule has 5 nitrogen and oxygen atoms in total. The second kappa shape index (κ2) is 6.29. The van der Waals surface area contributed by atoms with E-state index in [1.54, 1.807) is 0 Å². The third-order valence-electron chi connectivity index (χ3n) is 3.47. The van der Waals surface area contributed by atoms with Crippen LogP contribution in [0.25, 0.3) is 0 Å². The Morgan fingerprint density at radius 2 is 1.95 bits per heavy atom. The topological polar surface area (TPSA) is 74.7 Å². The number of carboxylic acids is 1. The predicted octanol–water partition coefficient (Wildman–Crippen LogP) is 2.05. The fourth-order valence-corrected chi connectivity index (χ4v) is 3.78. The molecule has 116 valence electrons. The summed E-state index contributed by atoms with van der Waals surface area (Å²) in [4.78, 5) is 12.6. The van der Waals surface area contributed by atoms with Gasteiger partial charge in [0.1, 0.15) is 5.82 Å². The van der Waals surface area contributed by atoms with E-state index in [2.05, 4.69) is 0 Å². The van der Waals surface area contributed by atoms with Crippen molar-refractivity contribution in [3.63, 3.8) is 0 Å². The van der Waals surface area contributed by atoms with E-state index >= 15 is 0 Å². The molecule has 1 aromatic carbocycles. The van der Waals surface area contributed by atoms with Crippen molar-refractivity contribution in [2.45, 2.75) is 17.7 Å². The summed E-state index contributed by atoms with van der Waals surface area (Å²) < 4.78 is 38.0. The zero-order valence-corrected chi connectivity index (χ0v) is 12.8. The zero-order valence-electron chi connectivity index (χ0n) is 11.2. The monoisotopic (exact) mass is 335 g/mol. The van der Waals surface area contributed by atoms with Crippen LogP contribution in [0.15, 0.2) is 17.0 Å². The van der Waals surface area contributed by atoms with Crippen molar-refractivity contribution < 1.29 is 22.7 Å². The average Bonchev–Trinajstić information content (AvgIpc) is 2.92. The van der Waals surface area contributed by atoms with Crippen molar-refractivity contribution in [3.05, 3.63) is 28.5 Å². The molecule has 0 bridgehead atoms. The molecule has 1 saturated heterocycles. The van der Waals surface area contributed by atoms with Crippen LogP contribution in [-0.4, -0.2) is 49.8 Å². The summed E-state index contributed by atoms with van der Waals surface area (Å²) in [6.07, 6.45) is 2.08. The molecule has 0 aliphatic carbocycles. The van der Waals surface area contributed by atoms with Crippen LogP contribution in [0.1, 0.15) is 23.2 Å². The van der Waals surface area contributed by atoms with Gasteiger partial charge in [-0.05, 0) is 38.1 Å². The molecule has 0 amide bonds. The van der Waals surface area contributed by atoms with Crippen molar-refractivity contribution in [1.29, 1.82) is 0 Å². The number of carbonyl (C=O) groups is 1. The maximum absolute atomic E-state index is 13.6. The Balaban J connectivity index is 2.24. The zero-order chi connectivity index (χ0) is 15.6. The number of sulfone groups is 1. The SMILES string of the molecule is O=C(O)c1cc(S(=O)(=O)CCN2CCCC2)cc(F)c1Cl. The van der Waals surface area contributed by atoms with E-state index in [-0.39, 0.29) is 10.6 Å². The molecular formula is C13H15ClFNO4S. The molecule has 1 N–H and O–H groups in total. The van der Waals surface area contributed by atoms with E-state index in [4.69, 9.17) is 16.7 Å². The Kier molecular flexibility index (Phi) is 4.85. The fourth-order valence-electron chi connectivity index (χ4n) is 2.27. The summed E-state index contributed by atoms with van der Waals surface area (Å²) in [6, 6.07) is 1.68. The Morgan fingerprint density at radius 1 is 1.33 bits per heavy atom. The van der Waals surface area contributed by atoms with Crippen LogP contribution in [0.5, 0.6) is 0 Å². The van der Waals surface area contributed by atoms with E-state index in [0.717, 1.165) is 38.1 Å². The predicted molar refractivity (Wildman–Crippen MR) is 76.1 cm³/mol. The van der Waals surface area contributed by atoms with Gasteiger partial charge in [-0.25, -0.2) is 17.6 Å². The van der Waals surface area contributed by atoms with Crippen LogP contribution >= 0.6 is 11.6 Å². The van der Waals surface area contributed by atoms with Gasteiger partial charge in [0.15, 0.2) is 9.84 Å². The van der Waals surface area contributed by atoms with Gasteiger partial charge in [0.2, 0.25) is 0 Å². The molecule has 2 rings (SSSR count). The first-order chi connectivity index (χ1) is 9.81. The molecule has 1 aromatic rings. The molecule has 0 radical (unpaired) electrons. The van der Waals surface area contributed by atoms with E-state index in [1.807, 2.05) is 4.90 Å². The van der Waals surface area contributed by atoms with E-state index in [9.17, 15) is 17.6 Å². The summed E-state index contributed by atoms with van der Waals surface area (Å²) in [5, 5.41) is 8.35. The van der Waals surface area contributed by atoms with Crippen LogP contribution in [0.2, 0.25) is 5.02 Å². The highest BCUT2D eigenvalue weighted by molar-refractivity contribution is 7.91. The Hall–Kier alpha value is -1.18. The van der Waals surface area contributed by atoms with Crippen LogP contribution < -0.4 is 0 Å². The smallest absolute Gasteiger partial charge is 0.337 e. The number of carboxylic acid groups (broad SMARTS) is 1. The van der Waals surface area contributed by atoms with Gasteiger partial charge in [0.05, 0.1) is 21.2 Å². The Labute approximate surface area is 127 Å².